The van der Waals surface area contributed by atoms with E-state index >= 15 is 0 Å². The number of hydrogen-bond acceptors (Lipinski definition) is 5. The molecule has 0 saturated heterocycles. The number of carbonyl (C=O) groups excluding carboxylic acids is 1. The topological polar surface area (TPSA) is 78.7 Å². The lowest BCUT2D eigenvalue weighted by Gasteiger charge is -2.45. The Bertz CT molecular complexity index is 1130. The Hall–Kier alpha value is -3.15. The monoisotopic (exact) mass is 577 g/mol. The highest BCUT2D eigenvalue weighted by molar-refractivity contribution is 5.70. The van der Waals surface area contributed by atoms with Gasteiger partial charge in [-0.05, 0) is 61.9 Å². The minimum absolute atomic E-state index is 0. The normalized spacial score (nSPS) is 22.2. The Morgan fingerprint density at radius 2 is 1.50 bits per heavy atom. The average molecular weight is 578 g/mol. The lowest BCUT2D eigenvalue weighted by Crippen LogP contribution is -2.44. The van der Waals surface area contributed by atoms with Crippen LogP contribution in [0.4, 0.5) is 26.3 Å². The molecule has 1 aliphatic rings. The summed E-state index contributed by atoms with van der Waals surface area (Å²) in [6.07, 6.45) is -9.97. The molecule has 3 rings (SSSR count). The van der Waals surface area contributed by atoms with Crippen LogP contribution in [0, 0.1) is 15.5 Å². The number of ether oxygens (including phenoxy) is 2. The third-order valence-corrected chi connectivity index (χ3v) is 7.55. The van der Waals surface area contributed by atoms with Crippen LogP contribution in [0.3, 0.4) is 0 Å². The minimum Gasteiger partial charge on any atom is -0.469 e. The molecule has 2 aromatic rings. The Balaban J connectivity index is 0.00000560. The second kappa shape index (κ2) is 12.6. The van der Waals surface area contributed by atoms with Gasteiger partial charge in [0.1, 0.15) is 0 Å². The Morgan fingerprint density at radius 1 is 0.975 bits per heavy atom. The van der Waals surface area contributed by atoms with Crippen LogP contribution in [-0.4, -0.2) is 31.2 Å². The molecule has 222 valence electrons. The fourth-order valence-electron chi connectivity index (χ4n) is 5.20. The highest BCUT2D eigenvalue weighted by atomic mass is 19.4. The highest BCUT2D eigenvalue weighted by Gasteiger charge is 2.48. The third kappa shape index (κ3) is 7.96. The molecule has 12 heteroatoms. The molecular weight excluding hydrogens is 544 g/mol. The maximum Gasteiger partial charge on any atom is 0.416 e. The molecule has 0 radical (unpaired) electrons. The highest BCUT2D eigenvalue weighted by Crippen LogP contribution is 2.50. The second-order valence-corrected chi connectivity index (χ2v) is 10.2. The van der Waals surface area contributed by atoms with E-state index in [9.17, 15) is 41.3 Å². The van der Waals surface area contributed by atoms with Crippen LogP contribution in [-0.2, 0) is 32.0 Å². The molecule has 0 aromatic heterocycles. The Labute approximate surface area is 228 Å². The van der Waals surface area contributed by atoms with E-state index in [1.54, 1.807) is 18.2 Å². The largest absolute Gasteiger partial charge is 0.469 e. The minimum atomic E-state index is -4.98. The molecular formula is C28H33F6NO5. The Morgan fingerprint density at radius 3 is 1.95 bits per heavy atom. The number of benzene rings is 2. The number of esters is 1. The van der Waals surface area contributed by atoms with E-state index in [0.717, 1.165) is 5.56 Å². The molecule has 1 aliphatic carbocycles. The zero-order chi connectivity index (χ0) is 29.1. The van der Waals surface area contributed by atoms with Crippen molar-refractivity contribution in [1.82, 2.24) is 0 Å². The summed E-state index contributed by atoms with van der Waals surface area (Å²) in [5, 5.41) is 11.4. The van der Waals surface area contributed by atoms with Crippen molar-refractivity contribution < 1.29 is 45.5 Å². The number of alkyl halides is 6. The summed E-state index contributed by atoms with van der Waals surface area (Å²) in [7, 11) is 1.20. The molecule has 0 aliphatic heterocycles. The lowest BCUT2D eigenvalue weighted by atomic mass is 9.60. The quantitative estimate of drug-likeness (QED) is 0.132. The van der Waals surface area contributed by atoms with E-state index in [1.165, 1.54) is 14.0 Å². The van der Waals surface area contributed by atoms with Gasteiger partial charge in [-0.1, -0.05) is 37.8 Å². The fraction of sp³-hybridized carbons (Fsp3) is 0.536. The molecule has 0 bridgehead atoms. The van der Waals surface area contributed by atoms with Crippen molar-refractivity contribution in [3.63, 3.8) is 0 Å². The fourth-order valence-corrected chi connectivity index (χ4v) is 5.20. The SMILES string of the molecule is C.COC(=O)CC1(C[N+](=O)[O-])CCC(CO[C@H](C)c2cc(C(F)(F)F)cc(C(F)(F)F)c2)(c2ccccc2)CC1. The number of nitrogens with zero attached hydrogens (tertiary/aromatic N) is 1. The zero-order valence-electron chi connectivity index (χ0n) is 21.4. The van der Waals surface area contributed by atoms with Crippen LogP contribution in [0.15, 0.2) is 48.5 Å². The molecule has 0 N–H and O–H groups in total. The summed E-state index contributed by atoms with van der Waals surface area (Å²) < 4.78 is 90.8. The van der Waals surface area contributed by atoms with Crippen molar-refractivity contribution in [2.45, 2.75) is 70.3 Å². The van der Waals surface area contributed by atoms with Crippen LogP contribution >= 0.6 is 0 Å². The van der Waals surface area contributed by atoms with Gasteiger partial charge in [0.15, 0.2) is 0 Å². The van der Waals surface area contributed by atoms with E-state index in [0.29, 0.717) is 25.0 Å². The first kappa shape index (κ1) is 33.1. The molecule has 0 spiro atoms. The van der Waals surface area contributed by atoms with Crippen molar-refractivity contribution >= 4 is 5.97 Å². The lowest BCUT2D eigenvalue weighted by molar-refractivity contribution is -0.499. The van der Waals surface area contributed by atoms with E-state index in [2.05, 4.69) is 0 Å². The average Bonchev–Trinajstić information content (AvgIpc) is 2.87. The van der Waals surface area contributed by atoms with Gasteiger partial charge >= 0.3 is 18.3 Å². The summed E-state index contributed by atoms with van der Waals surface area (Å²) in [5.74, 6) is -0.570. The van der Waals surface area contributed by atoms with Gasteiger partial charge in [0.25, 0.3) is 0 Å². The first-order valence-electron chi connectivity index (χ1n) is 12.2. The standard InChI is InChI=1S/C27H29F6NO5.CH4/c1-18(19-12-21(26(28,29)30)14-22(13-19)27(31,32)33)39-17-25(20-6-4-3-5-7-20)10-8-24(9-11-25,16-34(36)37)15-23(35)38-2;/h3-7,12-14,18H,8-11,15-17H2,1-2H3;1H4/t18-,24?,25?;/m1./s1. The number of nitro groups is 1. The van der Waals surface area contributed by atoms with Gasteiger partial charge in [0.05, 0.1) is 37.4 Å². The van der Waals surface area contributed by atoms with Crippen molar-refractivity contribution in [3.05, 3.63) is 80.9 Å². The van der Waals surface area contributed by atoms with E-state index in [-0.39, 0.29) is 44.9 Å². The summed E-state index contributed by atoms with van der Waals surface area (Å²) in [5.41, 5.74) is -3.96. The van der Waals surface area contributed by atoms with Gasteiger partial charge in [-0.15, -0.1) is 0 Å². The molecule has 0 heterocycles. The number of halogens is 6. The van der Waals surface area contributed by atoms with Crippen LogP contribution < -0.4 is 0 Å². The van der Waals surface area contributed by atoms with Gasteiger partial charge in [-0.25, -0.2) is 0 Å². The van der Waals surface area contributed by atoms with Crippen LogP contribution in [0.25, 0.3) is 0 Å². The summed E-state index contributed by atoms with van der Waals surface area (Å²) in [6.45, 7) is 0.892. The molecule has 40 heavy (non-hydrogen) atoms. The van der Waals surface area contributed by atoms with Crippen molar-refractivity contribution in [2.24, 2.45) is 5.41 Å². The molecule has 2 aromatic carbocycles. The summed E-state index contributed by atoms with van der Waals surface area (Å²) in [4.78, 5) is 23.0. The molecule has 0 amide bonds. The van der Waals surface area contributed by atoms with E-state index < -0.39 is 57.9 Å². The Kier molecular flexibility index (Phi) is 10.4. The van der Waals surface area contributed by atoms with E-state index in [1.807, 2.05) is 12.1 Å². The van der Waals surface area contributed by atoms with Gasteiger partial charge in [-0.3, -0.25) is 14.9 Å². The third-order valence-electron chi connectivity index (χ3n) is 7.55. The summed E-state index contributed by atoms with van der Waals surface area (Å²) in [6, 6.07) is 10.4. The number of methoxy groups -OCH3 is 1. The first-order chi connectivity index (χ1) is 18.1. The maximum absolute atomic E-state index is 13.3. The van der Waals surface area contributed by atoms with Gasteiger partial charge in [0.2, 0.25) is 6.54 Å². The van der Waals surface area contributed by atoms with Crippen LogP contribution in [0.5, 0.6) is 0 Å². The smallest absolute Gasteiger partial charge is 0.416 e. The van der Waals surface area contributed by atoms with Crippen LogP contribution in [0.1, 0.15) is 74.8 Å². The number of carbonyl (C=O) groups is 1. The molecule has 0 unspecified atom stereocenters. The number of hydrogen-bond donors (Lipinski definition) is 0. The molecule has 6 nitrogen and oxygen atoms in total. The van der Waals surface area contributed by atoms with Crippen molar-refractivity contribution in [2.75, 3.05) is 20.3 Å². The van der Waals surface area contributed by atoms with Crippen molar-refractivity contribution in [3.8, 4) is 0 Å². The van der Waals surface area contributed by atoms with Crippen molar-refractivity contribution in [1.29, 1.82) is 0 Å². The van der Waals surface area contributed by atoms with Gasteiger partial charge in [0, 0.05) is 15.8 Å². The maximum atomic E-state index is 13.3. The first-order valence-corrected chi connectivity index (χ1v) is 12.2. The summed E-state index contributed by atoms with van der Waals surface area (Å²) >= 11 is 0. The molecule has 1 fully saturated rings. The molecule has 1 atom stereocenters. The van der Waals surface area contributed by atoms with Crippen LogP contribution in [0.2, 0.25) is 0 Å². The van der Waals surface area contributed by atoms with Gasteiger partial charge in [-0.2, -0.15) is 26.3 Å². The molecule has 1 saturated carbocycles. The predicted octanol–water partition coefficient (Wildman–Crippen LogP) is 7.78. The predicted molar refractivity (Wildman–Crippen MR) is 135 cm³/mol. The number of rotatable bonds is 9. The second-order valence-electron chi connectivity index (χ2n) is 10.2. The van der Waals surface area contributed by atoms with Gasteiger partial charge < -0.3 is 9.47 Å². The zero-order valence-corrected chi connectivity index (χ0v) is 21.4. The van der Waals surface area contributed by atoms with E-state index in [4.69, 9.17) is 9.47 Å².